The van der Waals surface area contributed by atoms with E-state index in [1.165, 1.54) is 13.1 Å². The molecule has 12 heteroatoms. The van der Waals surface area contributed by atoms with Crippen molar-refractivity contribution in [3.05, 3.63) is 42.0 Å². The van der Waals surface area contributed by atoms with Gasteiger partial charge in [0.05, 0.1) is 12.6 Å². The zero-order valence-corrected chi connectivity index (χ0v) is 21.4. The van der Waals surface area contributed by atoms with Gasteiger partial charge in [0, 0.05) is 49.4 Å². The topological polar surface area (TPSA) is 116 Å². The maximum absolute atomic E-state index is 14.7. The van der Waals surface area contributed by atoms with Gasteiger partial charge < -0.3 is 20.6 Å². The van der Waals surface area contributed by atoms with E-state index in [1.807, 2.05) is 13.8 Å². The van der Waals surface area contributed by atoms with Gasteiger partial charge in [0.15, 0.2) is 5.67 Å². The summed E-state index contributed by atoms with van der Waals surface area (Å²) in [6.07, 6.45) is 3.19. The Labute approximate surface area is 217 Å². The van der Waals surface area contributed by atoms with Crippen LogP contribution in [-0.2, 0) is 0 Å². The average Bonchev–Trinajstić information content (AvgIpc) is 2.83. The summed E-state index contributed by atoms with van der Waals surface area (Å²) in [5.74, 6) is -1.92. The number of aromatic nitrogens is 4. The van der Waals surface area contributed by atoms with Gasteiger partial charge in [-0.3, -0.25) is 9.78 Å². The number of nitrogens with one attached hydrogen (secondary N) is 2. The van der Waals surface area contributed by atoms with Crippen molar-refractivity contribution in [2.75, 3.05) is 23.3 Å². The molecule has 3 aromatic rings. The van der Waals surface area contributed by atoms with E-state index in [4.69, 9.17) is 0 Å². The lowest BCUT2D eigenvalue weighted by molar-refractivity contribution is -0.0901. The molecule has 5 rings (SSSR count). The van der Waals surface area contributed by atoms with E-state index in [0.717, 1.165) is 10.9 Å². The Bertz CT molecular complexity index is 1360. The molecule has 0 radical (unpaired) electrons. The van der Waals surface area contributed by atoms with E-state index in [9.17, 15) is 23.1 Å². The quantitative estimate of drug-likeness (QED) is 0.437. The Balaban J connectivity index is 1.40. The fourth-order valence-corrected chi connectivity index (χ4v) is 4.89. The third kappa shape index (κ3) is 5.22. The molecule has 202 valence electrons. The normalized spacial score (nSPS) is 23.4. The fraction of sp³-hybridized carbons (Fsp3) is 0.500. The first kappa shape index (κ1) is 26.1. The minimum atomic E-state index is -2.74. The highest BCUT2D eigenvalue weighted by atomic mass is 19.3. The largest absolute Gasteiger partial charge is 0.390 e. The summed E-state index contributed by atoms with van der Waals surface area (Å²) in [4.78, 5) is 32.1. The van der Waals surface area contributed by atoms with Crippen LogP contribution in [0.1, 0.15) is 62.0 Å². The van der Waals surface area contributed by atoms with Crippen LogP contribution in [0.5, 0.6) is 0 Å². The van der Waals surface area contributed by atoms with Gasteiger partial charge in [-0.1, -0.05) is 13.8 Å². The van der Waals surface area contributed by atoms with E-state index in [2.05, 4.69) is 30.6 Å². The standard InChI is InChI=1S/C26H30F3N7O2/c1-14(2)17-11-32-22(23(38)33-15-9-26(28,29)10-15)18-12-31-21(8-16(17)18)34-20-4-6-30-24(35-20)36-7-5-19(37)25(3,27)13-36/h4,6,8,11-12,14-15,19,37H,5,7,9-10,13H2,1-3H3,(H,33,38)(H,30,31,34,35)/t19-,25+/m1/s1. The fourth-order valence-electron chi connectivity index (χ4n) is 4.89. The minimum Gasteiger partial charge on any atom is -0.390 e. The number of fused-ring (bicyclic) bond motifs is 1. The molecule has 0 spiro atoms. The maximum atomic E-state index is 14.7. The van der Waals surface area contributed by atoms with Crippen LogP contribution >= 0.6 is 0 Å². The molecule has 4 heterocycles. The molecule has 3 N–H and O–H groups in total. The van der Waals surface area contributed by atoms with Gasteiger partial charge in [-0.15, -0.1) is 0 Å². The SMILES string of the molecule is CC(C)c1cnc(C(=O)NC2CC(F)(F)C2)c2cnc(Nc3ccnc(N4CC[C@@H](O)[C@@](C)(F)C4)n3)cc12. The van der Waals surface area contributed by atoms with E-state index in [-0.39, 0.29) is 37.4 Å². The van der Waals surface area contributed by atoms with Crippen molar-refractivity contribution in [3.63, 3.8) is 0 Å². The molecule has 0 aromatic carbocycles. The van der Waals surface area contributed by atoms with Gasteiger partial charge in [0.1, 0.15) is 17.3 Å². The monoisotopic (exact) mass is 529 g/mol. The summed E-state index contributed by atoms with van der Waals surface area (Å²) in [7, 11) is 0. The number of hydrogen-bond acceptors (Lipinski definition) is 8. The number of halogens is 3. The Morgan fingerprint density at radius 1 is 1.13 bits per heavy atom. The second-order valence-corrected chi connectivity index (χ2v) is 10.6. The number of aliphatic hydroxyl groups excluding tert-OH is 1. The van der Waals surface area contributed by atoms with Crippen LogP contribution in [0.15, 0.2) is 30.7 Å². The molecule has 0 unspecified atom stereocenters. The van der Waals surface area contributed by atoms with Crippen molar-refractivity contribution in [2.45, 2.75) is 69.7 Å². The van der Waals surface area contributed by atoms with Gasteiger partial charge >= 0.3 is 0 Å². The molecular weight excluding hydrogens is 499 g/mol. The number of amides is 1. The van der Waals surface area contributed by atoms with Gasteiger partial charge in [-0.2, -0.15) is 4.98 Å². The molecule has 3 aromatic heterocycles. The molecule has 2 atom stereocenters. The highest BCUT2D eigenvalue weighted by Crippen LogP contribution is 2.38. The lowest BCUT2D eigenvalue weighted by Gasteiger charge is -2.38. The van der Waals surface area contributed by atoms with Crippen LogP contribution in [0.3, 0.4) is 0 Å². The molecule has 38 heavy (non-hydrogen) atoms. The van der Waals surface area contributed by atoms with Gasteiger partial charge in [-0.25, -0.2) is 23.1 Å². The second-order valence-electron chi connectivity index (χ2n) is 10.6. The van der Waals surface area contributed by atoms with Crippen molar-refractivity contribution in [1.82, 2.24) is 25.3 Å². The summed E-state index contributed by atoms with van der Waals surface area (Å²) in [5, 5.41) is 17.0. The lowest BCUT2D eigenvalue weighted by atomic mass is 9.88. The number of carbonyl (C=O) groups excluding carboxylic acids is 1. The second kappa shape index (κ2) is 9.64. The van der Waals surface area contributed by atoms with Crippen LogP contribution in [-0.4, -0.2) is 67.8 Å². The van der Waals surface area contributed by atoms with Crippen molar-refractivity contribution in [1.29, 1.82) is 0 Å². The number of rotatable bonds is 6. The van der Waals surface area contributed by atoms with Crippen molar-refractivity contribution >= 4 is 34.3 Å². The summed E-state index contributed by atoms with van der Waals surface area (Å²) < 4.78 is 41.1. The van der Waals surface area contributed by atoms with Crippen LogP contribution in [0.4, 0.5) is 30.8 Å². The first-order valence-electron chi connectivity index (χ1n) is 12.6. The third-order valence-corrected chi connectivity index (χ3v) is 7.11. The molecule has 1 aliphatic heterocycles. The van der Waals surface area contributed by atoms with E-state index < -0.39 is 29.6 Å². The molecule has 1 aliphatic carbocycles. The average molecular weight is 530 g/mol. The number of aliphatic hydroxyl groups is 1. The Kier molecular flexibility index (Phi) is 6.62. The Morgan fingerprint density at radius 3 is 2.58 bits per heavy atom. The minimum absolute atomic E-state index is 0.0278. The number of piperidine rings is 1. The lowest BCUT2D eigenvalue weighted by Crippen LogP contribution is -2.52. The van der Waals surface area contributed by atoms with Crippen molar-refractivity contribution < 1.29 is 23.1 Å². The Morgan fingerprint density at radius 2 is 1.89 bits per heavy atom. The highest BCUT2D eigenvalue weighted by Gasteiger charge is 2.46. The number of anilines is 3. The molecule has 9 nitrogen and oxygen atoms in total. The van der Waals surface area contributed by atoms with Gasteiger partial charge in [0.25, 0.3) is 11.8 Å². The summed E-state index contributed by atoms with van der Waals surface area (Å²) in [6, 6.07) is 2.86. The van der Waals surface area contributed by atoms with Crippen LogP contribution in [0.25, 0.3) is 10.8 Å². The molecule has 1 amide bonds. The van der Waals surface area contributed by atoms with E-state index in [1.54, 1.807) is 29.4 Å². The third-order valence-electron chi connectivity index (χ3n) is 7.11. The van der Waals surface area contributed by atoms with Crippen molar-refractivity contribution in [2.24, 2.45) is 0 Å². The molecule has 2 aliphatic rings. The Hall–Kier alpha value is -3.54. The summed E-state index contributed by atoms with van der Waals surface area (Å²) in [5.41, 5.74) is -0.741. The van der Waals surface area contributed by atoms with Crippen LogP contribution < -0.4 is 15.5 Å². The first-order valence-corrected chi connectivity index (χ1v) is 12.6. The zero-order valence-electron chi connectivity index (χ0n) is 21.4. The van der Waals surface area contributed by atoms with Crippen LogP contribution in [0, 0.1) is 0 Å². The van der Waals surface area contributed by atoms with Crippen molar-refractivity contribution in [3.8, 4) is 0 Å². The number of pyridine rings is 2. The van der Waals surface area contributed by atoms with Gasteiger partial charge in [0.2, 0.25) is 5.95 Å². The molecule has 0 bridgehead atoms. The van der Waals surface area contributed by atoms with E-state index in [0.29, 0.717) is 29.5 Å². The molecule has 1 saturated heterocycles. The smallest absolute Gasteiger partial charge is 0.270 e. The number of nitrogens with zero attached hydrogens (tertiary/aromatic N) is 5. The van der Waals surface area contributed by atoms with Gasteiger partial charge in [-0.05, 0) is 42.3 Å². The molecular formula is C26H30F3N7O2. The van der Waals surface area contributed by atoms with E-state index >= 15 is 0 Å². The molecule has 2 fully saturated rings. The number of alkyl halides is 3. The first-order chi connectivity index (χ1) is 17.9. The number of hydrogen-bond donors (Lipinski definition) is 3. The predicted molar refractivity (Wildman–Crippen MR) is 137 cm³/mol. The zero-order chi connectivity index (χ0) is 27.2. The highest BCUT2D eigenvalue weighted by molar-refractivity contribution is 6.06. The van der Waals surface area contributed by atoms with Crippen LogP contribution in [0.2, 0.25) is 0 Å². The summed E-state index contributed by atoms with van der Waals surface area (Å²) >= 11 is 0. The summed E-state index contributed by atoms with van der Waals surface area (Å²) in [6.45, 7) is 5.77. The maximum Gasteiger partial charge on any atom is 0.270 e. The predicted octanol–water partition coefficient (Wildman–Crippen LogP) is 4.11. The molecule has 1 saturated carbocycles. The number of carbonyl (C=O) groups is 1.